The van der Waals surface area contributed by atoms with E-state index in [0.29, 0.717) is 18.7 Å². The van der Waals surface area contributed by atoms with E-state index in [-0.39, 0.29) is 5.91 Å². The Morgan fingerprint density at radius 2 is 2.06 bits per heavy atom. The third kappa shape index (κ3) is 2.87. The van der Waals surface area contributed by atoms with Gasteiger partial charge < -0.3 is 20.0 Å². The van der Waals surface area contributed by atoms with Crippen LogP contribution in [0.15, 0.2) is 16.5 Å². The normalized spacial score (nSPS) is 17.4. The van der Waals surface area contributed by atoms with Gasteiger partial charge in [-0.05, 0) is 25.7 Å². The molecular formula is C12H19N3O2. The van der Waals surface area contributed by atoms with Crippen molar-refractivity contribution < 1.29 is 9.21 Å². The van der Waals surface area contributed by atoms with Crippen LogP contribution in [-0.2, 0) is 6.42 Å². The molecule has 2 N–H and O–H groups in total. The van der Waals surface area contributed by atoms with Crippen LogP contribution in [0.25, 0.3) is 0 Å². The molecule has 0 saturated carbocycles. The van der Waals surface area contributed by atoms with Crippen LogP contribution in [0.4, 0.5) is 0 Å². The van der Waals surface area contributed by atoms with Crippen molar-refractivity contribution in [2.45, 2.75) is 6.42 Å². The molecule has 1 aromatic heterocycles. The number of hydrogen-bond acceptors (Lipinski definition) is 4. The quantitative estimate of drug-likeness (QED) is 0.814. The summed E-state index contributed by atoms with van der Waals surface area (Å²) in [6.45, 7) is 3.91. The lowest BCUT2D eigenvalue weighted by Gasteiger charge is -2.31. The number of carbonyl (C=O) groups excluding carboxylic acids is 1. The minimum Gasteiger partial charge on any atom is -0.456 e. The van der Waals surface area contributed by atoms with Crippen molar-refractivity contribution in [1.29, 1.82) is 0 Å². The molecule has 1 aliphatic rings. The Balaban J connectivity index is 1.98. The number of nitrogens with two attached hydrogens (primary N) is 1. The first-order valence-electron chi connectivity index (χ1n) is 5.97. The fourth-order valence-corrected chi connectivity index (χ4v) is 1.93. The Labute approximate surface area is 101 Å². The molecule has 1 aromatic rings. The van der Waals surface area contributed by atoms with Gasteiger partial charge in [0.15, 0.2) is 5.76 Å². The summed E-state index contributed by atoms with van der Waals surface area (Å²) in [4.78, 5) is 16.2. The molecule has 1 fully saturated rings. The fourth-order valence-electron chi connectivity index (χ4n) is 1.93. The molecule has 5 heteroatoms. The Kier molecular flexibility index (Phi) is 3.81. The van der Waals surface area contributed by atoms with Crippen molar-refractivity contribution in [1.82, 2.24) is 9.80 Å². The highest BCUT2D eigenvalue weighted by atomic mass is 16.4. The van der Waals surface area contributed by atoms with Gasteiger partial charge in [-0.25, -0.2) is 0 Å². The molecule has 0 aromatic carbocycles. The topological polar surface area (TPSA) is 62.7 Å². The molecule has 1 saturated heterocycles. The average Bonchev–Trinajstić information content (AvgIpc) is 2.78. The third-order valence-corrected chi connectivity index (χ3v) is 3.05. The molecule has 1 aliphatic heterocycles. The summed E-state index contributed by atoms with van der Waals surface area (Å²) in [5.41, 5.74) is 5.44. The lowest BCUT2D eigenvalue weighted by atomic mass is 10.3. The molecule has 0 spiro atoms. The SMILES string of the molecule is CN1CCN(C(=O)c2ccc(CCN)o2)CC1. The van der Waals surface area contributed by atoms with Gasteiger partial charge in [0, 0.05) is 32.6 Å². The van der Waals surface area contributed by atoms with Gasteiger partial charge in [0.2, 0.25) is 0 Å². The molecule has 94 valence electrons. The number of carbonyl (C=O) groups is 1. The Bertz CT molecular complexity index is 381. The van der Waals surface area contributed by atoms with Crippen molar-refractivity contribution in [2.24, 2.45) is 5.73 Å². The van der Waals surface area contributed by atoms with E-state index in [1.165, 1.54) is 0 Å². The second-order valence-corrected chi connectivity index (χ2v) is 4.40. The smallest absolute Gasteiger partial charge is 0.289 e. The highest BCUT2D eigenvalue weighted by molar-refractivity contribution is 5.91. The minimum atomic E-state index is -0.0126. The zero-order chi connectivity index (χ0) is 12.3. The molecule has 0 bridgehead atoms. The summed E-state index contributed by atoms with van der Waals surface area (Å²) < 4.78 is 5.48. The van der Waals surface area contributed by atoms with Gasteiger partial charge in [-0.3, -0.25) is 4.79 Å². The van der Waals surface area contributed by atoms with Crippen molar-refractivity contribution in [3.63, 3.8) is 0 Å². The van der Waals surface area contributed by atoms with E-state index < -0.39 is 0 Å². The van der Waals surface area contributed by atoms with Crippen LogP contribution >= 0.6 is 0 Å². The highest BCUT2D eigenvalue weighted by Gasteiger charge is 2.22. The van der Waals surface area contributed by atoms with Crippen LogP contribution in [0.3, 0.4) is 0 Å². The molecule has 2 heterocycles. The van der Waals surface area contributed by atoms with E-state index in [0.717, 1.165) is 31.9 Å². The van der Waals surface area contributed by atoms with Gasteiger partial charge in [0.05, 0.1) is 0 Å². The van der Waals surface area contributed by atoms with Crippen LogP contribution in [0.1, 0.15) is 16.3 Å². The van der Waals surface area contributed by atoms with Gasteiger partial charge in [-0.2, -0.15) is 0 Å². The first-order valence-corrected chi connectivity index (χ1v) is 5.97. The maximum absolute atomic E-state index is 12.1. The maximum atomic E-state index is 12.1. The average molecular weight is 237 g/mol. The number of rotatable bonds is 3. The predicted molar refractivity (Wildman–Crippen MR) is 64.9 cm³/mol. The van der Waals surface area contributed by atoms with Crippen LogP contribution in [0, 0.1) is 0 Å². The first-order chi connectivity index (χ1) is 8.20. The Morgan fingerprint density at radius 3 is 2.71 bits per heavy atom. The molecule has 5 nitrogen and oxygen atoms in total. The number of likely N-dealkylation sites (N-methyl/N-ethyl adjacent to an activating group) is 1. The highest BCUT2D eigenvalue weighted by Crippen LogP contribution is 2.12. The predicted octanol–water partition coefficient (Wildman–Crippen LogP) is 0.168. The van der Waals surface area contributed by atoms with Crippen LogP contribution < -0.4 is 5.73 Å². The summed E-state index contributed by atoms with van der Waals surface area (Å²) in [5.74, 6) is 1.20. The molecule has 0 unspecified atom stereocenters. The monoisotopic (exact) mass is 237 g/mol. The van der Waals surface area contributed by atoms with E-state index >= 15 is 0 Å². The zero-order valence-electron chi connectivity index (χ0n) is 10.2. The molecule has 2 rings (SSSR count). The third-order valence-electron chi connectivity index (χ3n) is 3.05. The molecule has 1 amide bonds. The minimum absolute atomic E-state index is 0.0126. The second kappa shape index (κ2) is 5.33. The maximum Gasteiger partial charge on any atom is 0.289 e. The summed E-state index contributed by atoms with van der Waals surface area (Å²) >= 11 is 0. The summed E-state index contributed by atoms with van der Waals surface area (Å²) in [7, 11) is 2.06. The van der Waals surface area contributed by atoms with Crippen molar-refractivity contribution in [3.05, 3.63) is 23.7 Å². The van der Waals surface area contributed by atoms with Gasteiger partial charge >= 0.3 is 0 Å². The number of hydrogen-bond donors (Lipinski definition) is 1. The first kappa shape index (κ1) is 12.1. The molecule has 17 heavy (non-hydrogen) atoms. The number of amides is 1. The number of nitrogens with zero attached hydrogens (tertiary/aromatic N) is 2. The van der Waals surface area contributed by atoms with Gasteiger partial charge in [-0.1, -0.05) is 0 Å². The van der Waals surface area contributed by atoms with Gasteiger partial charge in [0.25, 0.3) is 5.91 Å². The zero-order valence-corrected chi connectivity index (χ0v) is 10.2. The summed E-state index contributed by atoms with van der Waals surface area (Å²) in [5, 5.41) is 0. The van der Waals surface area contributed by atoms with Crippen molar-refractivity contribution in [2.75, 3.05) is 39.8 Å². The van der Waals surface area contributed by atoms with Crippen molar-refractivity contribution in [3.8, 4) is 0 Å². The molecule has 0 atom stereocenters. The van der Waals surface area contributed by atoms with Gasteiger partial charge in [0.1, 0.15) is 5.76 Å². The standard InChI is InChI=1S/C12H19N3O2/c1-14-6-8-15(9-7-14)12(16)11-3-2-10(17-11)4-5-13/h2-3H,4-9,13H2,1H3. The molecule has 0 radical (unpaired) electrons. The van der Waals surface area contributed by atoms with E-state index in [1.807, 2.05) is 11.0 Å². The van der Waals surface area contributed by atoms with Crippen LogP contribution in [0.2, 0.25) is 0 Å². The number of piperazine rings is 1. The molecule has 0 aliphatic carbocycles. The lowest BCUT2D eigenvalue weighted by molar-refractivity contribution is 0.0631. The lowest BCUT2D eigenvalue weighted by Crippen LogP contribution is -2.47. The number of furan rings is 1. The van der Waals surface area contributed by atoms with Crippen LogP contribution in [0.5, 0.6) is 0 Å². The van der Waals surface area contributed by atoms with Crippen molar-refractivity contribution >= 4 is 5.91 Å². The van der Waals surface area contributed by atoms with E-state index in [9.17, 15) is 4.79 Å². The summed E-state index contributed by atoms with van der Waals surface area (Å²) in [6.07, 6.45) is 0.677. The largest absolute Gasteiger partial charge is 0.456 e. The van der Waals surface area contributed by atoms with Crippen LogP contribution in [-0.4, -0.2) is 55.5 Å². The second-order valence-electron chi connectivity index (χ2n) is 4.40. The van der Waals surface area contributed by atoms with Gasteiger partial charge in [-0.15, -0.1) is 0 Å². The fraction of sp³-hybridized carbons (Fsp3) is 0.583. The van der Waals surface area contributed by atoms with E-state index in [2.05, 4.69) is 11.9 Å². The Hall–Kier alpha value is -1.33. The summed E-state index contributed by atoms with van der Waals surface area (Å²) in [6, 6.07) is 3.57. The molecular weight excluding hydrogens is 218 g/mol. The van der Waals surface area contributed by atoms with E-state index in [4.69, 9.17) is 10.2 Å². The Morgan fingerprint density at radius 1 is 1.35 bits per heavy atom. The van der Waals surface area contributed by atoms with E-state index in [1.54, 1.807) is 6.07 Å².